The number of azo groups is 1. The average molecular weight is 556 g/mol. The Morgan fingerprint density at radius 1 is 1.14 bits per heavy atom. The van der Waals surface area contributed by atoms with Crippen LogP contribution in [0.5, 0.6) is 5.75 Å². The maximum atomic E-state index is 12.5. The van der Waals surface area contributed by atoms with Gasteiger partial charge in [-0.3, -0.25) is 0 Å². The molecule has 0 unspecified atom stereocenters. The molecule has 11 heteroatoms. The van der Waals surface area contributed by atoms with Crippen molar-refractivity contribution in [2.75, 3.05) is 0 Å². The largest absolute Gasteiger partial charge is 2.00 e. The van der Waals surface area contributed by atoms with Crippen molar-refractivity contribution in [1.29, 1.82) is 0 Å². The summed E-state index contributed by atoms with van der Waals surface area (Å²) in [5.41, 5.74) is -0.805. The van der Waals surface area contributed by atoms with Crippen molar-refractivity contribution in [3.05, 3.63) is 58.6 Å². The van der Waals surface area contributed by atoms with Crippen LogP contribution in [0.3, 0.4) is 0 Å². The Bertz CT molecular complexity index is 1260. The molecule has 3 aromatic carbocycles. The molecule has 0 bridgehead atoms. The van der Waals surface area contributed by atoms with Crippen molar-refractivity contribution >= 4 is 98.7 Å². The van der Waals surface area contributed by atoms with Gasteiger partial charge in [-0.05, 0) is 36.1 Å². The predicted molar refractivity (Wildman–Crippen MR) is 104 cm³/mol. The van der Waals surface area contributed by atoms with E-state index in [0.29, 0.717) is 16.3 Å². The molecule has 1 N–H and O–H groups in total. The van der Waals surface area contributed by atoms with Crippen LogP contribution in [-0.2, 0) is 10.1 Å². The fourth-order valence-electron chi connectivity index (χ4n) is 2.59. The topological polar surface area (TPSA) is 142 Å². The molecule has 0 atom stereocenters. The number of carboxylic acid groups (broad SMARTS) is 1. The summed E-state index contributed by atoms with van der Waals surface area (Å²) in [6.45, 7) is 1.51. The number of halogens is 1. The summed E-state index contributed by atoms with van der Waals surface area (Å²) in [6.07, 6.45) is 0. The minimum atomic E-state index is -4.89. The van der Waals surface area contributed by atoms with E-state index in [4.69, 9.17) is 11.6 Å². The quantitative estimate of drug-likeness (QED) is 0.296. The summed E-state index contributed by atoms with van der Waals surface area (Å²) in [7, 11) is -4.89. The summed E-state index contributed by atoms with van der Waals surface area (Å²) in [5.74, 6) is -2.33. The van der Waals surface area contributed by atoms with Crippen LogP contribution in [0.1, 0.15) is 15.9 Å². The van der Waals surface area contributed by atoms with Gasteiger partial charge in [0.15, 0.2) is 0 Å². The van der Waals surface area contributed by atoms with Crippen LogP contribution in [0.15, 0.2) is 57.6 Å². The molecule has 3 rings (SSSR count). The molecule has 8 nitrogen and oxygen atoms in total. The number of carbonyl (C=O) groups is 1. The zero-order valence-corrected chi connectivity index (χ0v) is 20.9. The predicted octanol–water partition coefficient (Wildman–Crippen LogP) is 3.51. The second-order valence-electron chi connectivity index (χ2n) is 5.85. The Morgan fingerprint density at radius 3 is 2.41 bits per heavy atom. The Balaban J connectivity index is 0.00000300. The Labute approximate surface area is 211 Å². The van der Waals surface area contributed by atoms with E-state index in [0.717, 1.165) is 12.1 Å². The van der Waals surface area contributed by atoms with Crippen molar-refractivity contribution < 1.29 is 28.0 Å². The summed E-state index contributed by atoms with van der Waals surface area (Å²) < 4.78 is 34.5. The number of aryl methyl sites for hydroxylation is 1. The molecular formula is C18H11BaClN2O6S. The molecule has 0 aliphatic heterocycles. The van der Waals surface area contributed by atoms with Gasteiger partial charge in [0.05, 0.1) is 16.1 Å². The van der Waals surface area contributed by atoms with Gasteiger partial charge in [0.2, 0.25) is 0 Å². The van der Waals surface area contributed by atoms with Crippen LogP contribution in [0, 0.1) is 6.92 Å². The van der Waals surface area contributed by atoms with E-state index >= 15 is 0 Å². The first kappa shape index (κ1) is 23.8. The smallest absolute Gasteiger partial charge is 0.870 e. The molecule has 0 fully saturated rings. The maximum absolute atomic E-state index is 12.5. The fraction of sp³-hybridized carbons (Fsp3) is 0.0556. The van der Waals surface area contributed by atoms with Crippen LogP contribution in [0.2, 0.25) is 5.02 Å². The fourth-order valence-corrected chi connectivity index (χ4v) is 3.43. The summed E-state index contributed by atoms with van der Waals surface area (Å²) in [6, 6.07) is 9.83. The summed E-state index contributed by atoms with van der Waals surface area (Å²) in [5, 5.41) is 30.2. The molecule has 0 spiro atoms. The number of nitrogens with zero attached hydrogens (tertiary/aromatic N) is 2. The molecule has 0 amide bonds. The number of aromatic carboxylic acids is 1. The van der Waals surface area contributed by atoms with Crippen molar-refractivity contribution in [1.82, 2.24) is 0 Å². The summed E-state index contributed by atoms with van der Waals surface area (Å²) >= 11 is 5.97. The third-order valence-electron chi connectivity index (χ3n) is 3.97. The van der Waals surface area contributed by atoms with Gasteiger partial charge in [0.25, 0.3) is 0 Å². The SMILES string of the molecule is Cc1cc(S(=O)(=O)[O-])c(N=Nc2c([O-])c(C(=O)O)cc3ccccc23)cc1Cl.[Ba+2]. The van der Waals surface area contributed by atoms with Crippen molar-refractivity contribution in [3.8, 4) is 5.75 Å². The number of hydrogen-bond donors (Lipinski definition) is 1. The van der Waals surface area contributed by atoms with Crippen LogP contribution in [0.4, 0.5) is 11.4 Å². The van der Waals surface area contributed by atoms with E-state index in [1.165, 1.54) is 13.0 Å². The molecule has 0 aliphatic rings. The zero-order chi connectivity index (χ0) is 20.6. The van der Waals surface area contributed by atoms with Gasteiger partial charge in [0.1, 0.15) is 15.8 Å². The first-order valence-corrected chi connectivity index (χ1v) is 9.52. The molecule has 144 valence electrons. The third kappa shape index (κ3) is 5.01. The van der Waals surface area contributed by atoms with Crippen LogP contribution in [-0.4, -0.2) is 72.9 Å². The van der Waals surface area contributed by atoms with Gasteiger partial charge in [-0.15, -0.1) is 5.11 Å². The van der Waals surface area contributed by atoms with Gasteiger partial charge in [0, 0.05) is 10.4 Å². The number of benzene rings is 3. The summed E-state index contributed by atoms with van der Waals surface area (Å²) in [4.78, 5) is 10.7. The second kappa shape index (κ2) is 9.15. The van der Waals surface area contributed by atoms with Crippen molar-refractivity contribution in [2.45, 2.75) is 11.8 Å². The zero-order valence-electron chi connectivity index (χ0n) is 14.9. The number of rotatable bonds is 4. The Kier molecular flexibility index (Phi) is 7.52. The standard InChI is InChI=1S/C18H13ClN2O6S.Ba/c1-9-6-15(28(25,26)27)14(8-13(9)19)20-21-16-11-5-3-2-4-10(11)7-12(17(16)22)18(23)24;/h2-8,22H,1H3,(H,23,24)(H,25,26,27);/q;+2/p-2. The first-order chi connectivity index (χ1) is 13.1. The second-order valence-corrected chi connectivity index (χ2v) is 7.61. The molecule has 0 aliphatic carbocycles. The molecule has 0 aromatic heterocycles. The first-order valence-electron chi connectivity index (χ1n) is 7.73. The Morgan fingerprint density at radius 2 is 1.79 bits per heavy atom. The van der Waals surface area contributed by atoms with Gasteiger partial charge in [-0.25, -0.2) is 13.2 Å². The minimum Gasteiger partial charge on any atom is -0.870 e. The van der Waals surface area contributed by atoms with Gasteiger partial charge >= 0.3 is 54.9 Å². The van der Waals surface area contributed by atoms with Gasteiger partial charge in [-0.1, -0.05) is 41.6 Å². The van der Waals surface area contributed by atoms with Crippen LogP contribution >= 0.6 is 11.6 Å². The Hall–Kier alpha value is -1.44. The van der Waals surface area contributed by atoms with Crippen molar-refractivity contribution in [3.63, 3.8) is 0 Å². The normalized spacial score (nSPS) is 11.6. The van der Waals surface area contributed by atoms with E-state index in [2.05, 4.69) is 10.2 Å². The van der Waals surface area contributed by atoms with E-state index in [1.54, 1.807) is 24.3 Å². The number of fused-ring (bicyclic) bond motifs is 1. The van der Waals surface area contributed by atoms with E-state index in [1.807, 2.05) is 0 Å². The minimum absolute atomic E-state index is 0. The molecule has 29 heavy (non-hydrogen) atoms. The molecule has 3 aromatic rings. The molecular weight excluding hydrogens is 545 g/mol. The maximum Gasteiger partial charge on any atom is 2.00 e. The molecule has 0 saturated heterocycles. The third-order valence-corrected chi connectivity index (χ3v) is 5.25. The molecule has 0 radical (unpaired) electrons. The van der Waals surface area contributed by atoms with E-state index < -0.39 is 32.3 Å². The van der Waals surface area contributed by atoms with Crippen LogP contribution < -0.4 is 5.11 Å². The monoisotopic (exact) mass is 556 g/mol. The number of carboxylic acids is 1. The molecule has 0 heterocycles. The van der Waals surface area contributed by atoms with E-state index in [-0.39, 0.29) is 65.3 Å². The van der Waals surface area contributed by atoms with Crippen LogP contribution in [0.25, 0.3) is 10.8 Å². The van der Waals surface area contributed by atoms with Gasteiger partial charge in [-0.2, -0.15) is 5.11 Å². The van der Waals surface area contributed by atoms with Crippen molar-refractivity contribution in [2.24, 2.45) is 10.2 Å². The average Bonchev–Trinajstić information content (AvgIpc) is 2.61. The van der Waals surface area contributed by atoms with Gasteiger partial charge < -0.3 is 14.8 Å². The number of hydrogen-bond acceptors (Lipinski definition) is 7. The van der Waals surface area contributed by atoms with E-state index in [9.17, 15) is 28.0 Å². The molecule has 0 saturated carbocycles.